The van der Waals surface area contributed by atoms with Gasteiger partial charge in [0.05, 0.1) is 11.6 Å². The van der Waals surface area contributed by atoms with Crippen LogP contribution in [0, 0.1) is 0 Å². The summed E-state index contributed by atoms with van der Waals surface area (Å²) in [7, 11) is 0. The molecule has 26 heavy (non-hydrogen) atoms. The topological polar surface area (TPSA) is 33.2 Å². The number of thiophene rings is 2. The van der Waals surface area contributed by atoms with Crippen molar-refractivity contribution in [3.63, 3.8) is 0 Å². The molecule has 4 aromatic rings. The van der Waals surface area contributed by atoms with E-state index in [2.05, 4.69) is 33.9 Å². The Morgan fingerprint density at radius 3 is 2.81 bits per heavy atom. The zero-order valence-electron chi connectivity index (χ0n) is 14.0. The third-order valence-corrected chi connectivity index (χ3v) is 6.78. The first kappa shape index (κ1) is 15.7. The van der Waals surface area contributed by atoms with Crippen molar-refractivity contribution in [3.05, 3.63) is 86.4 Å². The van der Waals surface area contributed by atoms with E-state index in [1.54, 1.807) is 22.7 Å². The van der Waals surface area contributed by atoms with E-state index in [1.807, 2.05) is 41.3 Å². The van der Waals surface area contributed by atoms with Crippen LogP contribution in [0.5, 0.6) is 0 Å². The van der Waals surface area contributed by atoms with Gasteiger partial charge in [0, 0.05) is 21.7 Å². The van der Waals surface area contributed by atoms with Crippen molar-refractivity contribution in [1.82, 2.24) is 9.88 Å². The first-order valence-corrected chi connectivity index (χ1v) is 10.3. The van der Waals surface area contributed by atoms with Crippen LogP contribution in [-0.4, -0.2) is 22.3 Å². The van der Waals surface area contributed by atoms with E-state index < -0.39 is 0 Å². The highest BCUT2D eigenvalue weighted by molar-refractivity contribution is 7.10. The highest BCUT2D eigenvalue weighted by Crippen LogP contribution is 2.40. The molecule has 1 amide bonds. The molecule has 0 fully saturated rings. The minimum absolute atomic E-state index is 0.00556. The second-order valence-corrected chi connectivity index (χ2v) is 8.33. The molecule has 3 nitrogen and oxygen atoms in total. The number of benzene rings is 1. The van der Waals surface area contributed by atoms with Gasteiger partial charge >= 0.3 is 0 Å². The van der Waals surface area contributed by atoms with Crippen LogP contribution in [0.3, 0.4) is 0 Å². The molecule has 0 bridgehead atoms. The molecule has 0 saturated carbocycles. The van der Waals surface area contributed by atoms with Crippen LogP contribution in [0.2, 0.25) is 0 Å². The lowest BCUT2D eigenvalue weighted by atomic mass is 9.98. The van der Waals surface area contributed by atoms with Crippen LogP contribution >= 0.6 is 22.7 Å². The van der Waals surface area contributed by atoms with Crippen molar-refractivity contribution in [1.29, 1.82) is 0 Å². The van der Waals surface area contributed by atoms with Crippen molar-refractivity contribution in [2.24, 2.45) is 0 Å². The Kier molecular flexibility index (Phi) is 3.84. The smallest absolute Gasteiger partial charge is 0.273 e. The summed E-state index contributed by atoms with van der Waals surface area (Å²) in [5.74, 6) is 0.00556. The maximum absolute atomic E-state index is 13.4. The van der Waals surface area contributed by atoms with Crippen LogP contribution in [0.4, 0.5) is 0 Å². The van der Waals surface area contributed by atoms with E-state index in [0.29, 0.717) is 5.69 Å². The summed E-state index contributed by atoms with van der Waals surface area (Å²) in [6.07, 6.45) is 0.911. The number of hydrogen-bond donors (Lipinski definition) is 0. The fourth-order valence-electron chi connectivity index (χ4n) is 3.62. The average molecular weight is 377 g/mol. The van der Waals surface area contributed by atoms with E-state index in [0.717, 1.165) is 23.9 Å². The standard InChI is InChI=1S/C21H16N2OS2/c24-21(17-8-7-14-4-1-2-5-16(14)22-17)23-11-9-18-15(10-13-26-18)20(23)19-6-3-12-25-19/h1-8,10,12-13,20H,9,11H2/t20-/m0/s1. The second kappa shape index (κ2) is 6.34. The number of para-hydroxylation sites is 1. The third-order valence-electron chi connectivity index (χ3n) is 4.86. The van der Waals surface area contributed by atoms with Crippen molar-refractivity contribution in [2.45, 2.75) is 12.5 Å². The summed E-state index contributed by atoms with van der Waals surface area (Å²) >= 11 is 3.49. The van der Waals surface area contributed by atoms with E-state index in [4.69, 9.17) is 0 Å². The van der Waals surface area contributed by atoms with Crippen molar-refractivity contribution >= 4 is 39.5 Å². The van der Waals surface area contributed by atoms with Crippen molar-refractivity contribution < 1.29 is 4.79 Å². The normalized spacial score (nSPS) is 16.6. The van der Waals surface area contributed by atoms with Gasteiger partial charge in [-0.1, -0.05) is 30.3 Å². The van der Waals surface area contributed by atoms with Gasteiger partial charge in [0.15, 0.2) is 0 Å². The van der Waals surface area contributed by atoms with Crippen LogP contribution in [0.25, 0.3) is 10.9 Å². The minimum atomic E-state index is -0.00855. The van der Waals surface area contributed by atoms with Crippen LogP contribution in [0.15, 0.2) is 65.4 Å². The molecule has 5 heteroatoms. The van der Waals surface area contributed by atoms with E-state index in [9.17, 15) is 4.79 Å². The molecule has 1 atom stereocenters. The SMILES string of the molecule is O=C(c1ccc2ccccc2n1)N1CCc2sccc2[C@H]1c1cccs1. The average Bonchev–Trinajstić information content (AvgIpc) is 3.38. The molecule has 0 spiro atoms. The lowest BCUT2D eigenvalue weighted by Crippen LogP contribution is -2.40. The number of pyridine rings is 1. The summed E-state index contributed by atoms with van der Waals surface area (Å²) < 4.78 is 0. The Bertz CT molecular complexity index is 1080. The summed E-state index contributed by atoms with van der Waals surface area (Å²) in [6, 6.07) is 18.1. The predicted octanol–water partition coefficient (Wildman–Crippen LogP) is 5.15. The number of hydrogen-bond acceptors (Lipinski definition) is 4. The summed E-state index contributed by atoms with van der Waals surface area (Å²) in [5.41, 5.74) is 2.64. The molecular weight excluding hydrogens is 360 g/mol. The van der Waals surface area contributed by atoms with Gasteiger partial charge in [0.1, 0.15) is 5.69 Å². The predicted molar refractivity (Wildman–Crippen MR) is 107 cm³/mol. The van der Waals surface area contributed by atoms with E-state index in [1.165, 1.54) is 15.3 Å². The minimum Gasteiger partial charge on any atom is -0.325 e. The fourth-order valence-corrected chi connectivity index (χ4v) is 5.38. The maximum Gasteiger partial charge on any atom is 0.273 e. The zero-order valence-corrected chi connectivity index (χ0v) is 15.6. The monoisotopic (exact) mass is 376 g/mol. The number of rotatable bonds is 2. The number of carbonyl (C=O) groups is 1. The lowest BCUT2D eigenvalue weighted by Gasteiger charge is -2.35. The Morgan fingerprint density at radius 1 is 1.00 bits per heavy atom. The third kappa shape index (κ3) is 2.55. The quantitative estimate of drug-likeness (QED) is 0.485. The molecule has 4 heterocycles. The van der Waals surface area contributed by atoms with Crippen LogP contribution in [-0.2, 0) is 6.42 Å². The molecule has 0 radical (unpaired) electrons. The Labute approximate surface area is 159 Å². The summed E-state index contributed by atoms with van der Waals surface area (Å²) in [6.45, 7) is 0.726. The van der Waals surface area contributed by atoms with Gasteiger partial charge in [-0.2, -0.15) is 0 Å². The molecule has 3 aromatic heterocycles. The first-order chi connectivity index (χ1) is 12.8. The number of fused-ring (bicyclic) bond motifs is 2. The van der Waals surface area contributed by atoms with Gasteiger partial charge in [-0.3, -0.25) is 4.79 Å². The molecule has 0 N–H and O–H groups in total. The molecule has 0 unspecified atom stereocenters. The zero-order chi connectivity index (χ0) is 17.5. The maximum atomic E-state index is 13.4. The molecule has 0 saturated heterocycles. The molecule has 1 aliphatic rings. The van der Waals surface area contributed by atoms with Gasteiger partial charge in [0.25, 0.3) is 5.91 Å². The van der Waals surface area contributed by atoms with Crippen LogP contribution in [0.1, 0.15) is 31.8 Å². The van der Waals surface area contributed by atoms with Gasteiger partial charge in [-0.05, 0) is 47.0 Å². The first-order valence-electron chi connectivity index (χ1n) is 8.58. The van der Waals surface area contributed by atoms with Crippen molar-refractivity contribution in [3.8, 4) is 0 Å². The van der Waals surface area contributed by atoms with Crippen molar-refractivity contribution in [2.75, 3.05) is 6.54 Å². The van der Waals surface area contributed by atoms with E-state index in [-0.39, 0.29) is 11.9 Å². The lowest BCUT2D eigenvalue weighted by molar-refractivity contribution is 0.0693. The van der Waals surface area contributed by atoms with Crippen LogP contribution < -0.4 is 0 Å². The highest BCUT2D eigenvalue weighted by atomic mass is 32.1. The number of aromatic nitrogens is 1. The Balaban J connectivity index is 1.57. The van der Waals surface area contributed by atoms with Gasteiger partial charge in [-0.25, -0.2) is 4.98 Å². The number of carbonyl (C=O) groups excluding carboxylic acids is 1. The van der Waals surface area contributed by atoms with Gasteiger partial charge in [0.2, 0.25) is 0 Å². The molecule has 128 valence electrons. The summed E-state index contributed by atoms with van der Waals surface area (Å²) in [5, 5.41) is 5.26. The molecule has 1 aliphatic heterocycles. The largest absolute Gasteiger partial charge is 0.325 e. The molecular formula is C21H16N2OS2. The highest BCUT2D eigenvalue weighted by Gasteiger charge is 2.34. The Hall–Kier alpha value is -2.50. The van der Waals surface area contributed by atoms with Gasteiger partial charge < -0.3 is 4.90 Å². The molecule has 1 aromatic carbocycles. The summed E-state index contributed by atoms with van der Waals surface area (Å²) in [4.78, 5) is 22.6. The number of nitrogens with zero attached hydrogens (tertiary/aromatic N) is 2. The second-order valence-electron chi connectivity index (χ2n) is 6.35. The molecule has 0 aliphatic carbocycles. The fraction of sp³-hybridized carbons (Fsp3) is 0.143. The molecule has 5 rings (SSSR count). The van der Waals surface area contributed by atoms with Gasteiger partial charge in [-0.15, -0.1) is 22.7 Å². The Morgan fingerprint density at radius 2 is 1.92 bits per heavy atom. The van der Waals surface area contributed by atoms with E-state index >= 15 is 0 Å². The number of amides is 1.